The van der Waals surface area contributed by atoms with Crippen LogP contribution < -0.4 is 14.8 Å². The van der Waals surface area contributed by atoms with Crippen molar-refractivity contribution in [2.45, 2.75) is 26.7 Å². The van der Waals surface area contributed by atoms with Gasteiger partial charge in [-0.15, -0.1) is 0 Å². The molecular weight excluding hydrogens is 266 g/mol. The van der Waals surface area contributed by atoms with E-state index in [1.165, 1.54) is 5.56 Å². The van der Waals surface area contributed by atoms with Crippen molar-refractivity contribution in [1.82, 2.24) is 5.32 Å². The number of rotatable bonds is 8. The van der Waals surface area contributed by atoms with E-state index in [1.807, 2.05) is 6.07 Å². The van der Waals surface area contributed by atoms with Gasteiger partial charge in [0, 0.05) is 12.5 Å². The summed E-state index contributed by atoms with van der Waals surface area (Å²) in [6.45, 7) is 9.23. The topological polar surface area (TPSA) is 39.7 Å². The van der Waals surface area contributed by atoms with Gasteiger partial charge in [0.1, 0.15) is 0 Å². The van der Waals surface area contributed by atoms with Crippen LogP contribution >= 0.6 is 0 Å². The molecule has 1 aliphatic heterocycles. The Morgan fingerprint density at radius 1 is 1.14 bits per heavy atom. The minimum atomic E-state index is 0.430. The van der Waals surface area contributed by atoms with Gasteiger partial charge in [-0.2, -0.15) is 0 Å². The van der Waals surface area contributed by atoms with Crippen molar-refractivity contribution in [2.24, 2.45) is 5.92 Å². The Labute approximate surface area is 127 Å². The second kappa shape index (κ2) is 8.90. The molecule has 1 aromatic rings. The van der Waals surface area contributed by atoms with Crippen LogP contribution in [-0.4, -0.2) is 39.5 Å². The normalized spacial score (nSPS) is 17.5. The quantitative estimate of drug-likeness (QED) is 0.748. The van der Waals surface area contributed by atoms with E-state index in [2.05, 4.69) is 31.3 Å². The lowest BCUT2D eigenvalue weighted by atomic mass is 10.1. The minimum Gasteiger partial charge on any atom is -0.489 e. The highest BCUT2D eigenvalue weighted by molar-refractivity contribution is 5.43. The van der Waals surface area contributed by atoms with Gasteiger partial charge in [0.2, 0.25) is 0 Å². The molecule has 2 rings (SSSR count). The monoisotopic (exact) mass is 293 g/mol. The zero-order valence-electron chi connectivity index (χ0n) is 13.2. The lowest BCUT2D eigenvalue weighted by molar-refractivity contribution is 0.139. The van der Waals surface area contributed by atoms with E-state index in [0.29, 0.717) is 5.92 Å². The molecule has 1 atom stereocenters. The SMILES string of the molecule is CCCNCCOCCc1ccc2c(c1)OCC(C)CO2. The zero-order valence-corrected chi connectivity index (χ0v) is 13.2. The fourth-order valence-electron chi connectivity index (χ4n) is 2.19. The zero-order chi connectivity index (χ0) is 14.9. The summed E-state index contributed by atoms with van der Waals surface area (Å²) in [4.78, 5) is 0. The largest absolute Gasteiger partial charge is 0.489 e. The third-order valence-corrected chi connectivity index (χ3v) is 3.44. The maximum atomic E-state index is 5.80. The molecule has 118 valence electrons. The van der Waals surface area contributed by atoms with Crippen LogP contribution in [0.1, 0.15) is 25.8 Å². The van der Waals surface area contributed by atoms with Gasteiger partial charge >= 0.3 is 0 Å². The molecule has 0 radical (unpaired) electrons. The summed E-state index contributed by atoms with van der Waals surface area (Å²) in [7, 11) is 0. The summed E-state index contributed by atoms with van der Waals surface area (Å²) < 4.78 is 17.2. The van der Waals surface area contributed by atoms with Crippen molar-refractivity contribution in [3.05, 3.63) is 23.8 Å². The van der Waals surface area contributed by atoms with Gasteiger partial charge in [-0.05, 0) is 37.1 Å². The smallest absolute Gasteiger partial charge is 0.161 e. The molecule has 1 aromatic carbocycles. The molecule has 21 heavy (non-hydrogen) atoms. The molecule has 0 bridgehead atoms. The van der Waals surface area contributed by atoms with Crippen LogP contribution in [-0.2, 0) is 11.2 Å². The van der Waals surface area contributed by atoms with Crippen LogP contribution in [0.3, 0.4) is 0 Å². The highest BCUT2D eigenvalue weighted by Crippen LogP contribution is 2.31. The van der Waals surface area contributed by atoms with Crippen LogP contribution in [0.4, 0.5) is 0 Å². The van der Waals surface area contributed by atoms with Crippen molar-refractivity contribution >= 4 is 0 Å². The molecule has 4 nitrogen and oxygen atoms in total. The fourth-order valence-corrected chi connectivity index (χ4v) is 2.19. The van der Waals surface area contributed by atoms with Crippen LogP contribution in [0.2, 0.25) is 0 Å². The van der Waals surface area contributed by atoms with Crippen LogP contribution in [0.15, 0.2) is 18.2 Å². The maximum absolute atomic E-state index is 5.80. The Bertz CT molecular complexity index is 422. The molecule has 1 unspecified atom stereocenters. The molecule has 1 aliphatic rings. The minimum absolute atomic E-state index is 0.430. The molecular formula is C17H27NO3. The lowest BCUT2D eigenvalue weighted by Crippen LogP contribution is -2.20. The van der Waals surface area contributed by atoms with Gasteiger partial charge in [0.15, 0.2) is 11.5 Å². The second-order valence-electron chi connectivity index (χ2n) is 5.62. The lowest BCUT2D eigenvalue weighted by Gasteiger charge is -2.10. The molecule has 0 spiro atoms. The number of ether oxygens (including phenoxy) is 3. The Hall–Kier alpha value is -1.26. The predicted octanol–water partition coefficient (Wildman–Crippen LogP) is 2.65. The number of fused-ring (bicyclic) bond motifs is 1. The Kier molecular flexibility index (Phi) is 6.83. The average Bonchev–Trinajstić information content (AvgIpc) is 2.68. The van der Waals surface area contributed by atoms with E-state index in [9.17, 15) is 0 Å². The number of benzene rings is 1. The van der Waals surface area contributed by atoms with Crippen LogP contribution in [0, 0.1) is 5.92 Å². The third-order valence-electron chi connectivity index (χ3n) is 3.44. The highest BCUT2D eigenvalue weighted by atomic mass is 16.5. The summed E-state index contributed by atoms with van der Waals surface area (Å²) in [6, 6.07) is 6.18. The van der Waals surface area contributed by atoms with E-state index in [4.69, 9.17) is 14.2 Å². The van der Waals surface area contributed by atoms with Gasteiger partial charge in [-0.3, -0.25) is 0 Å². The Morgan fingerprint density at radius 2 is 1.95 bits per heavy atom. The third kappa shape index (κ3) is 5.56. The second-order valence-corrected chi connectivity index (χ2v) is 5.62. The van der Waals surface area contributed by atoms with Crippen LogP contribution in [0.25, 0.3) is 0 Å². The van der Waals surface area contributed by atoms with Gasteiger partial charge in [-0.1, -0.05) is 19.9 Å². The van der Waals surface area contributed by atoms with Crippen molar-refractivity contribution in [2.75, 3.05) is 39.5 Å². The highest BCUT2D eigenvalue weighted by Gasteiger charge is 2.15. The number of hydrogen-bond donors (Lipinski definition) is 1. The summed E-state index contributed by atoms with van der Waals surface area (Å²) >= 11 is 0. The van der Waals surface area contributed by atoms with Crippen molar-refractivity contribution < 1.29 is 14.2 Å². The summed E-state index contributed by atoms with van der Waals surface area (Å²) in [5.74, 6) is 2.15. The van der Waals surface area contributed by atoms with Gasteiger partial charge in [-0.25, -0.2) is 0 Å². The van der Waals surface area contributed by atoms with E-state index in [0.717, 1.165) is 63.9 Å². The van der Waals surface area contributed by atoms with Crippen molar-refractivity contribution in [3.63, 3.8) is 0 Å². The van der Waals surface area contributed by atoms with Crippen molar-refractivity contribution in [1.29, 1.82) is 0 Å². The number of hydrogen-bond acceptors (Lipinski definition) is 4. The molecule has 0 aliphatic carbocycles. The van der Waals surface area contributed by atoms with Gasteiger partial charge in [0.25, 0.3) is 0 Å². The molecule has 0 aromatic heterocycles. The summed E-state index contributed by atoms with van der Waals surface area (Å²) in [5, 5.41) is 3.32. The van der Waals surface area contributed by atoms with Crippen molar-refractivity contribution in [3.8, 4) is 11.5 Å². The first-order valence-electron chi connectivity index (χ1n) is 7.96. The molecule has 0 amide bonds. The molecule has 4 heteroatoms. The van der Waals surface area contributed by atoms with Crippen LogP contribution in [0.5, 0.6) is 11.5 Å². The van der Waals surface area contributed by atoms with Gasteiger partial charge < -0.3 is 19.5 Å². The summed E-state index contributed by atoms with van der Waals surface area (Å²) in [5.41, 5.74) is 1.23. The van der Waals surface area contributed by atoms with E-state index in [-0.39, 0.29) is 0 Å². The Morgan fingerprint density at radius 3 is 2.76 bits per heavy atom. The average molecular weight is 293 g/mol. The van der Waals surface area contributed by atoms with E-state index < -0.39 is 0 Å². The first-order chi connectivity index (χ1) is 10.3. The summed E-state index contributed by atoms with van der Waals surface area (Å²) in [6.07, 6.45) is 2.07. The Balaban J connectivity index is 1.72. The predicted molar refractivity (Wildman–Crippen MR) is 84.3 cm³/mol. The fraction of sp³-hybridized carbons (Fsp3) is 0.647. The molecule has 1 heterocycles. The number of nitrogens with one attached hydrogen (secondary N) is 1. The first-order valence-corrected chi connectivity index (χ1v) is 7.96. The molecule has 0 fully saturated rings. The maximum Gasteiger partial charge on any atom is 0.161 e. The van der Waals surface area contributed by atoms with E-state index >= 15 is 0 Å². The molecule has 0 saturated carbocycles. The first kappa shape index (κ1) is 16.1. The molecule has 0 saturated heterocycles. The van der Waals surface area contributed by atoms with E-state index in [1.54, 1.807) is 0 Å². The standard InChI is InChI=1S/C17H27NO3/c1-3-7-18-8-10-19-9-6-15-4-5-16-17(11-15)21-13-14(2)12-20-16/h4-5,11,14,18H,3,6-10,12-13H2,1-2H3. The van der Waals surface area contributed by atoms with Gasteiger partial charge in [0.05, 0.1) is 26.4 Å². The molecule has 1 N–H and O–H groups in total.